The number of nitrogens with one attached hydrogen (secondary N) is 1. The standard InChI is InChI=1S/C64H97N5O35/c1-2-3-8-35-68-36-37(25-6-4-5-7-26(25)67-58(36)65)69(35)15-24-11-9-23(10-12-24)13-66-14-27(77)38(79)52(28(78)16-70)99-60-47(88)41(82)54(30(18-72)94-60)101-62-49(90)43(84)56(32(20-74)96-62)103-64-51(92)45(86)57(34(22-76)98-64)104-63-50(91)44(85)55(33(21-75)97-63)102-61-48(89)42(83)53(31(19-73)95-61)100-59-46(87)40(81)39(80)29(17-71)93-59/h4-7,9-12,27-34,38-57,59-64,66,70-92H,2-3,8,13-22H2,1H3,(H2,65,67)/t27-,28+,29+,30+,31+,32+,33+,34+,38+,39+,40-,41+,42+,43+,44+,45+,46+,47+,48+,49+,50+,51+,52?,53+,54+,55+,56+,57+,59-,60+,61+,62-,63-,64+/m0/s1. The van der Waals surface area contributed by atoms with E-state index >= 15 is 0 Å². The fraction of sp³-hybridized carbons (Fsp3) is 0.750. The zero-order valence-corrected chi connectivity index (χ0v) is 56.0. The molecule has 2 aromatic heterocycles. The van der Waals surface area contributed by atoms with Crippen LogP contribution in [-0.4, -0.2) is 393 Å². The molecule has 26 N–H and O–H groups in total. The van der Waals surface area contributed by atoms with E-state index in [1.54, 1.807) is 0 Å². The highest BCUT2D eigenvalue weighted by molar-refractivity contribution is 6.06. The van der Waals surface area contributed by atoms with Crippen LogP contribution < -0.4 is 11.1 Å². The number of aromatic nitrogens is 3. The molecule has 1 unspecified atom stereocenters. The van der Waals surface area contributed by atoms with Gasteiger partial charge in [0.05, 0.1) is 63.4 Å². The number of benzene rings is 2. The first-order chi connectivity index (χ1) is 49.8. The van der Waals surface area contributed by atoms with Gasteiger partial charge < -0.3 is 190 Å². The van der Waals surface area contributed by atoms with Crippen LogP contribution >= 0.6 is 0 Å². The molecule has 6 aliphatic rings. The number of anilines is 1. The zero-order chi connectivity index (χ0) is 75.3. The summed E-state index contributed by atoms with van der Waals surface area (Å²) in [5.74, 6) is 1.21. The number of aliphatic hydroxyl groups is 23. The van der Waals surface area contributed by atoms with Gasteiger partial charge in [-0.05, 0) is 23.6 Å². The van der Waals surface area contributed by atoms with E-state index in [1.165, 1.54) is 0 Å². The van der Waals surface area contributed by atoms with Crippen molar-refractivity contribution in [1.29, 1.82) is 0 Å². The van der Waals surface area contributed by atoms with Crippen molar-refractivity contribution in [2.45, 2.75) is 248 Å². The molecular weight excluding hydrogens is 1400 g/mol. The maximum absolute atomic E-state index is 11.5. The Morgan fingerprint density at radius 3 is 1.26 bits per heavy atom. The number of aliphatic hydroxyl groups excluding tert-OH is 23. The van der Waals surface area contributed by atoms with Gasteiger partial charge in [-0.3, -0.25) is 0 Å². The number of pyridine rings is 1. The molecule has 0 radical (unpaired) electrons. The number of ether oxygens (including phenoxy) is 12. The van der Waals surface area contributed by atoms with Gasteiger partial charge >= 0.3 is 0 Å². The lowest BCUT2D eigenvalue weighted by atomic mass is 9.95. The number of nitrogens with two attached hydrogens (primary N) is 1. The van der Waals surface area contributed by atoms with E-state index in [0.29, 0.717) is 17.9 Å². The maximum Gasteiger partial charge on any atom is 0.187 e. The number of nitrogens with zero attached hydrogens (tertiary/aromatic N) is 3. The normalized spacial score (nSPS) is 40.0. The number of fused-ring (bicyclic) bond motifs is 3. The summed E-state index contributed by atoms with van der Waals surface area (Å²) in [6, 6.07) is 15.3. The van der Waals surface area contributed by atoms with E-state index in [1.807, 2.05) is 48.5 Å². The van der Waals surface area contributed by atoms with Crippen molar-refractivity contribution in [2.75, 3.05) is 58.5 Å². The van der Waals surface area contributed by atoms with Crippen LogP contribution in [0.1, 0.15) is 36.7 Å². The van der Waals surface area contributed by atoms with Crippen molar-refractivity contribution in [3.8, 4) is 0 Å². The Morgan fingerprint density at radius 1 is 0.462 bits per heavy atom. The molecule has 10 rings (SSSR count). The van der Waals surface area contributed by atoms with Crippen molar-refractivity contribution in [3.05, 3.63) is 65.5 Å². The summed E-state index contributed by atoms with van der Waals surface area (Å²) in [6.07, 6.45) is -64.3. The van der Waals surface area contributed by atoms with Crippen LogP contribution in [0, 0.1) is 0 Å². The first kappa shape index (κ1) is 82.2. The van der Waals surface area contributed by atoms with Gasteiger partial charge in [0, 0.05) is 31.4 Å². The Balaban J connectivity index is 0.706. The molecule has 0 spiro atoms. The minimum Gasteiger partial charge on any atom is -0.394 e. The van der Waals surface area contributed by atoms with Crippen LogP contribution in [0.3, 0.4) is 0 Å². The Labute approximate surface area is 592 Å². The molecule has 0 saturated carbocycles. The number of rotatable bonds is 31. The van der Waals surface area contributed by atoms with Crippen LogP contribution in [0.4, 0.5) is 5.82 Å². The first-order valence-electron chi connectivity index (χ1n) is 34.1. The van der Waals surface area contributed by atoms with Gasteiger partial charge in [-0.1, -0.05) is 55.8 Å². The largest absolute Gasteiger partial charge is 0.394 e. The molecule has 2 aromatic carbocycles. The Hall–Kier alpha value is -4.32. The molecule has 0 aliphatic carbocycles. The van der Waals surface area contributed by atoms with Crippen molar-refractivity contribution in [2.24, 2.45) is 0 Å². The van der Waals surface area contributed by atoms with Crippen LogP contribution in [0.2, 0.25) is 0 Å². The Bertz CT molecular complexity index is 3290. The number of aryl methyl sites for hydroxylation is 1. The molecule has 0 bridgehead atoms. The quantitative estimate of drug-likeness (QED) is 0.0222. The van der Waals surface area contributed by atoms with Crippen LogP contribution in [0.15, 0.2) is 48.5 Å². The zero-order valence-electron chi connectivity index (χ0n) is 56.0. The number of hydrogen-bond donors (Lipinski definition) is 25. The molecule has 588 valence electrons. The lowest BCUT2D eigenvalue weighted by molar-refractivity contribution is -0.397. The maximum atomic E-state index is 11.5. The summed E-state index contributed by atoms with van der Waals surface area (Å²) < 4.78 is 70.1. The Morgan fingerprint density at radius 2 is 0.846 bits per heavy atom. The average Bonchev–Trinajstić information content (AvgIpc) is 1.70. The number of para-hydroxylation sites is 1. The predicted molar refractivity (Wildman–Crippen MR) is 342 cm³/mol. The van der Waals surface area contributed by atoms with Crippen molar-refractivity contribution in [3.63, 3.8) is 0 Å². The van der Waals surface area contributed by atoms with Gasteiger partial charge in [0.25, 0.3) is 0 Å². The molecule has 6 fully saturated rings. The van der Waals surface area contributed by atoms with E-state index < -0.39 is 255 Å². The van der Waals surface area contributed by atoms with E-state index in [2.05, 4.69) is 21.8 Å². The lowest BCUT2D eigenvalue weighted by Gasteiger charge is -2.50. The highest BCUT2D eigenvalue weighted by Crippen LogP contribution is 2.38. The van der Waals surface area contributed by atoms with Gasteiger partial charge in [0.1, 0.15) is 176 Å². The van der Waals surface area contributed by atoms with Crippen LogP contribution in [0.5, 0.6) is 0 Å². The van der Waals surface area contributed by atoms with Gasteiger partial charge in [-0.25, -0.2) is 9.97 Å². The minimum atomic E-state index is -2.25. The van der Waals surface area contributed by atoms with Crippen LogP contribution in [0.25, 0.3) is 21.9 Å². The van der Waals surface area contributed by atoms with E-state index in [0.717, 1.165) is 52.6 Å². The fourth-order valence-electron chi connectivity index (χ4n) is 13.5. The SMILES string of the molecule is CCCCc1nc2c(N)nc3ccccc3c2n1Cc1ccc(CNC[C@H](O)[C@@H](O)C(O[C@H]2O[C@H](CO)[C@@H](O[C@@H]3O[C@H](CO)[C@@H](O[C@H]4O[C@H](CO)[C@@H](O[C@@H]5O[C@H](CO)[C@@H](O[C@H]6O[C@H](CO)[C@@H](O[C@@H]7O[C@H](CO)[C@@H](O)[C@H](O)[C@H]7O)[C@H](O)[C@H]6O)[C@H](O)[C@H]5O)[C@H](O)[C@H]4O)[C@H](O)[C@H]3O)[C@H](O)[C@H]2O)[C@H](O)CO)cc1. The summed E-state index contributed by atoms with van der Waals surface area (Å²) in [5.41, 5.74) is 10.4. The summed E-state index contributed by atoms with van der Waals surface area (Å²) in [5, 5.41) is 253. The highest BCUT2D eigenvalue weighted by atomic mass is 16.8. The first-order valence-corrected chi connectivity index (χ1v) is 34.1. The monoisotopic (exact) mass is 1500 g/mol. The van der Waals surface area contributed by atoms with Gasteiger partial charge in [0.2, 0.25) is 0 Å². The summed E-state index contributed by atoms with van der Waals surface area (Å²) in [6.45, 7) is -4.70. The van der Waals surface area contributed by atoms with Crippen LogP contribution in [-0.2, 0) is 76.4 Å². The van der Waals surface area contributed by atoms with Crippen molar-refractivity contribution >= 4 is 27.8 Å². The molecule has 8 heterocycles. The molecule has 0 amide bonds. The minimum absolute atomic E-state index is 0.183. The molecule has 40 heteroatoms. The predicted octanol–water partition coefficient (Wildman–Crippen LogP) is -12.0. The van der Waals surface area contributed by atoms with E-state index in [4.69, 9.17) is 67.6 Å². The summed E-state index contributed by atoms with van der Waals surface area (Å²) in [7, 11) is 0. The number of unbranched alkanes of at least 4 members (excludes halogenated alkanes) is 1. The van der Waals surface area contributed by atoms with Gasteiger partial charge in [-0.2, -0.15) is 0 Å². The van der Waals surface area contributed by atoms with Crippen molar-refractivity contribution in [1.82, 2.24) is 19.9 Å². The van der Waals surface area contributed by atoms with E-state index in [-0.39, 0.29) is 13.1 Å². The third-order valence-corrected chi connectivity index (χ3v) is 19.5. The molecule has 6 saturated heterocycles. The topological polar surface area (TPSA) is 645 Å². The third-order valence-electron chi connectivity index (χ3n) is 19.5. The van der Waals surface area contributed by atoms with E-state index in [9.17, 15) is 117 Å². The number of imidazole rings is 1. The Kier molecular flexibility index (Phi) is 28.8. The third kappa shape index (κ3) is 17.5. The van der Waals surface area contributed by atoms with Gasteiger partial charge in [0.15, 0.2) is 43.6 Å². The second-order valence-corrected chi connectivity index (χ2v) is 26.5. The molecule has 4 aromatic rings. The molecule has 104 heavy (non-hydrogen) atoms. The summed E-state index contributed by atoms with van der Waals surface area (Å²) in [4.78, 5) is 9.47. The molecule has 6 aliphatic heterocycles. The fourth-order valence-corrected chi connectivity index (χ4v) is 13.5. The second kappa shape index (κ2) is 36.5. The van der Waals surface area contributed by atoms with Gasteiger partial charge in [-0.15, -0.1) is 0 Å². The molecule has 34 atom stereocenters. The molecule has 40 nitrogen and oxygen atoms in total. The average molecular weight is 1500 g/mol. The molecular formula is C64H97N5O35. The summed E-state index contributed by atoms with van der Waals surface area (Å²) >= 11 is 0. The second-order valence-electron chi connectivity index (χ2n) is 26.5. The number of hydrogen-bond acceptors (Lipinski definition) is 39. The number of nitrogen functional groups attached to an aromatic ring is 1. The smallest absolute Gasteiger partial charge is 0.187 e. The van der Waals surface area contributed by atoms with Crippen molar-refractivity contribution < 1.29 is 174 Å². The lowest BCUT2D eigenvalue weighted by Crippen LogP contribution is -2.68. The highest BCUT2D eigenvalue weighted by Gasteiger charge is 2.58.